The molecule has 2 aromatic heterocycles. The lowest BCUT2D eigenvalue weighted by Crippen LogP contribution is -2.23. The fraction of sp³-hybridized carbons (Fsp3) is 0.154. The quantitative estimate of drug-likeness (QED) is 0.694. The molecule has 102 valence electrons. The van der Waals surface area contributed by atoms with Crippen LogP contribution in [0.25, 0.3) is 11.3 Å². The molecule has 3 aromatic rings. The molecule has 0 bridgehead atoms. The highest BCUT2D eigenvalue weighted by Crippen LogP contribution is 2.06. The molecule has 0 radical (unpaired) electrons. The van der Waals surface area contributed by atoms with Crippen molar-refractivity contribution in [3.8, 4) is 5.69 Å². The molecule has 0 saturated heterocycles. The van der Waals surface area contributed by atoms with Crippen LogP contribution in [0, 0.1) is 5.82 Å². The summed E-state index contributed by atoms with van der Waals surface area (Å²) in [5, 5.41) is 3.99. The van der Waals surface area contributed by atoms with E-state index in [-0.39, 0.29) is 17.2 Å². The number of hydrogen-bond acceptors (Lipinski definition) is 3. The zero-order valence-electron chi connectivity index (χ0n) is 10.7. The summed E-state index contributed by atoms with van der Waals surface area (Å²) < 4.78 is 16.6. The Morgan fingerprint density at radius 2 is 1.85 bits per heavy atom. The lowest BCUT2D eigenvalue weighted by molar-refractivity contribution is 0.627. The molecule has 0 aliphatic carbocycles. The minimum atomic E-state index is -0.427. The van der Waals surface area contributed by atoms with E-state index in [1.807, 2.05) is 0 Å². The van der Waals surface area contributed by atoms with Gasteiger partial charge in [-0.25, -0.2) is 18.3 Å². The molecule has 7 heteroatoms. The van der Waals surface area contributed by atoms with E-state index in [1.165, 1.54) is 50.3 Å². The van der Waals surface area contributed by atoms with Gasteiger partial charge in [-0.1, -0.05) is 0 Å². The third-order valence-corrected chi connectivity index (χ3v) is 3.05. The summed E-state index contributed by atoms with van der Waals surface area (Å²) in [7, 11) is 0. The van der Waals surface area contributed by atoms with E-state index < -0.39 is 5.56 Å². The molecule has 0 unspecified atom stereocenters. The summed E-state index contributed by atoms with van der Waals surface area (Å²) in [6.07, 6.45) is 2.94. The van der Waals surface area contributed by atoms with Crippen molar-refractivity contribution < 1.29 is 4.39 Å². The number of rotatable bonds is 2. The van der Waals surface area contributed by atoms with Gasteiger partial charge in [0, 0.05) is 24.6 Å². The van der Waals surface area contributed by atoms with E-state index >= 15 is 0 Å². The number of aromatic nitrogens is 4. The molecule has 0 spiro atoms. The topological polar surface area (TPSA) is 61.3 Å². The van der Waals surface area contributed by atoms with E-state index in [0.29, 0.717) is 12.2 Å². The molecule has 6 nitrogen and oxygen atoms in total. The average Bonchev–Trinajstić information content (AvgIpc) is 2.78. The molecule has 0 aliphatic rings. The number of fused-ring (bicyclic) bond motifs is 1. The molecular formula is C13H11FN4O2. The van der Waals surface area contributed by atoms with Gasteiger partial charge in [0.25, 0.3) is 0 Å². The van der Waals surface area contributed by atoms with E-state index in [1.54, 1.807) is 6.92 Å². The van der Waals surface area contributed by atoms with Gasteiger partial charge in [0.2, 0.25) is 5.65 Å². The summed E-state index contributed by atoms with van der Waals surface area (Å²) in [6.45, 7) is 2.16. The minimum Gasteiger partial charge on any atom is -0.280 e. The standard InChI is InChI=1S/C13H11FN4O2/c1-2-18-13(20)17-8-7-16(12(19)11(17)15-18)10-5-3-9(14)4-6-10/h3-8H,2H2,1H3. The van der Waals surface area contributed by atoms with E-state index in [2.05, 4.69) is 5.10 Å². The SMILES string of the molecule is CCn1nc2c(=O)n(-c3ccc(F)cc3)ccn2c1=O. The van der Waals surface area contributed by atoms with Gasteiger partial charge in [0.15, 0.2) is 0 Å². The van der Waals surface area contributed by atoms with Crippen LogP contribution in [0.1, 0.15) is 6.92 Å². The van der Waals surface area contributed by atoms with Crippen molar-refractivity contribution in [1.82, 2.24) is 18.7 Å². The molecule has 0 atom stereocenters. The third-order valence-electron chi connectivity index (χ3n) is 3.05. The van der Waals surface area contributed by atoms with Gasteiger partial charge >= 0.3 is 11.2 Å². The molecule has 0 amide bonds. The predicted octanol–water partition coefficient (Wildman–Crippen LogP) is 0.806. The fourth-order valence-electron chi connectivity index (χ4n) is 2.02. The Labute approximate surface area is 112 Å². The number of hydrogen-bond donors (Lipinski definition) is 0. The Hall–Kier alpha value is -2.70. The van der Waals surface area contributed by atoms with Crippen LogP contribution >= 0.6 is 0 Å². The second-order valence-electron chi connectivity index (χ2n) is 4.24. The second-order valence-corrected chi connectivity index (χ2v) is 4.24. The molecule has 0 saturated carbocycles. The maximum atomic E-state index is 12.9. The first-order valence-corrected chi connectivity index (χ1v) is 6.08. The first-order chi connectivity index (χ1) is 9.61. The maximum Gasteiger partial charge on any atom is 0.350 e. The van der Waals surface area contributed by atoms with Crippen molar-refractivity contribution in [3.63, 3.8) is 0 Å². The highest BCUT2D eigenvalue weighted by Gasteiger charge is 2.11. The maximum absolute atomic E-state index is 12.9. The van der Waals surface area contributed by atoms with Gasteiger partial charge in [-0.3, -0.25) is 9.36 Å². The number of halogens is 1. The van der Waals surface area contributed by atoms with Crippen LogP contribution in [0.3, 0.4) is 0 Å². The van der Waals surface area contributed by atoms with Crippen molar-refractivity contribution in [2.24, 2.45) is 0 Å². The zero-order chi connectivity index (χ0) is 14.3. The molecular weight excluding hydrogens is 263 g/mol. The lowest BCUT2D eigenvalue weighted by Gasteiger charge is -2.04. The van der Waals surface area contributed by atoms with E-state index in [4.69, 9.17) is 0 Å². The highest BCUT2D eigenvalue weighted by molar-refractivity contribution is 5.39. The Bertz CT molecular complexity index is 889. The Balaban J connectivity index is 2.29. The number of benzene rings is 1. The van der Waals surface area contributed by atoms with Crippen LogP contribution in [0.5, 0.6) is 0 Å². The predicted molar refractivity (Wildman–Crippen MR) is 70.7 cm³/mol. The fourth-order valence-corrected chi connectivity index (χ4v) is 2.02. The molecule has 1 aromatic carbocycles. The van der Waals surface area contributed by atoms with Crippen LogP contribution in [0.2, 0.25) is 0 Å². The summed E-state index contributed by atoms with van der Waals surface area (Å²) in [5.41, 5.74) is -0.227. The molecule has 0 aliphatic heterocycles. The van der Waals surface area contributed by atoms with Crippen LogP contribution in [-0.4, -0.2) is 18.7 Å². The van der Waals surface area contributed by atoms with Crippen LogP contribution in [0.15, 0.2) is 46.2 Å². The third kappa shape index (κ3) is 1.75. The van der Waals surface area contributed by atoms with E-state index in [9.17, 15) is 14.0 Å². The first kappa shape index (κ1) is 12.3. The lowest BCUT2D eigenvalue weighted by atomic mass is 10.3. The summed E-state index contributed by atoms with van der Waals surface area (Å²) in [5.74, 6) is -0.380. The van der Waals surface area contributed by atoms with Crippen molar-refractivity contribution in [2.45, 2.75) is 13.5 Å². The molecule has 3 rings (SSSR count). The molecule has 20 heavy (non-hydrogen) atoms. The number of nitrogens with zero attached hydrogens (tertiary/aromatic N) is 4. The molecule has 2 heterocycles. The van der Waals surface area contributed by atoms with Gasteiger partial charge in [-0.15, -0.1) is 5.10 Å². The van der Waals surface area contributed by atoms with Gasteiger partial charge in [-0.2, -0.15) is 0 Å². The molecule has 0 fully saturated rings. The van der Waals surface area contributed by atoms with Crippen molar-refractivity contribution >= 4 is 5.65 Å². The van der Waals surface area contributed by atoms with Gasteiger partial charge in [0.05, 0.1) is 0 Å². The monoisotopic (exact) mass is 274 g/mol. The Morgan fingerprint density at radius 1 is 1.15 bits per heavy atom. The summed E-state index contributed by atoms with van der Waals surface area (Å²) in [6, 6.07) is 5.51. The minimum absolute atomic E-state index is 0.0451. The summed E-state index contributed by atoms with van der Waals surface area (Å²) in [4.78, 5) is 24.2. The van der Waals surface area contributed by atoms with Gasteiger partial charge in [0.1, 0.15) is 5.82 Å². The largest absolute Gasteiger partial charge is 0.350 e. The van der Waals surface area contributed by atoms with Crippen LogP contribution in [0.4, 0.5) is 4.39 Å². The first-order valence-electron chi connectivity index (χ1n) is 6.08. The smallest absolute Gasteiger partial charge is 0.280 e. The zero-order valence-corrected chi connectivity index (χ0v) is 10.7. The van der Waals surface area contributed by atoms with Crippen LogP contribution in [-0.2, 0) is 6.54 Å². The highest BCUT2D eigenvalue weighted by atomic mass is 19.1. The van der Waals surface area contributed by atoms with Crippen molar-refractivity contribution in [3.05, 3.63) is 63.3 Å². The summed E-state index contributed by atoms with van der Waals surface area (Å²) >= 11 is 0. The normalized spacial score (nSPS) is 11.1. The van der Waals surface area contributed by atoms with Crippen molar-refractivity contribution in [2.75, 3.05) is 0 Å². The molecule has 0 N–H and O–H groups in total. The van der Waals surface area contributed by atoms with E-state index in [0.717, 1.165) is 0 Å². The Morgan fingerprint density at radius 3 is 2.50 bits per heavy atom. The Kier molecular flexibility index (Phi) is 2.74. The van der Waals surface area contributed by atoms with Gasteiger partial charge < -0.3 is 0 Å². The van der Waals surface area contributed by atoms with Gasteiger partial charge in [-0.05, 0) is 31.2 Å². The number of aryl methyl sites for hydroxylation is 1. The second kappa shape index (κ2) is 4.44. The van der Waals surface area contributed by atoms with Crippen molar-refractivity contribution in [1.29, 1.82) is 0 Å². The van der Waals surface area contributed by atoms with Crippen LogP contribution < -0.4 is 11.2 Å². The average molecular weight is 274 g/mol.